The van der Waals surface area contributed by atoms with E-state index >= 15 is 0 Å². The summed E-state index contributed by atoms with van der Waals surface area (Å²) in [5.41, 5.74) is 3.88. The molecule has 3 aromatic rings. The molecule has 8 nitrogen and oxygen atoms in total. The zero-order chi connectivity index (χ0) is 22.9. The van der Waals surface area contributed by atoms with Crippen LogP contribution in [0.2, 0.25) is 0 Å². The van der Waals surface area contributed by atoms with Crippen molar-refractivity contribution in [2.45, 2.75) is 0 Å². The fourth-order valence-corrected chi connectivity index (χ4v) is 2.73. The van der Waals surface area contributed by atoms with Crippen LogP contribution in [0.5, 0.6) is 23.0 Å². The number of carbonyl (C=O) groups excluding carboxylic acids is 2. The smallest absolute Gasteiger partial charge is 0.343 e. The molecule has 0 heterocycles. The number of benzene rings is 3. The van der Waals surface area contributed by atoms with Gasteiger partial charge in [0.15, 0.2) is 11.5 Å². The molecule has 0 aromatic heterocycles. The van der Waals surface area contributed by atoms with Gasteiger partial charge in [0.25, 0.3) is 5.91 Å². The number of carbonyl (C=O) groups is 2. The molecule has 0 radical (unpaired) electrons. The summed E-state index contributed by atoms with van der Waals surface area (Å²) in [7, 11) is 4.54. The monoisotopic (exact) mass is 434 g/mol. The molecular formula is C24H22N2O6. The Labute approximate surface area is 185 Å². The second kappa shape index (κ2) is 10.6. The van der Waals surface area contributed by atoms with E-state index in [9.17, 15) is 9.59 Å². The molecule has 0 aliphatic carbocycles. The molecule has 0 saturated carbocycles. The number of esters is 1. The zero-order valence-corrected chi connectivity index (χ0v) is 17.8. The van der Waals surface area contributed by atoms with E-state index < -0.39 is 5.97 Å². The number of amides is 1. The molecule has 0 aliphatic rings. The van der Waals surface area contributed by atoms with Crippen molar-refractivity contribution in [2.24, 2.45) is 5.10 Å². The second-order valence-electron chi connectivity index (χ2n) is 6.46. The topological polar surface area (TPSA) is 95.5 Å². The third kappa shape index (κ3) is 5.63. The highest BCUT2D eigenvalue weighted by Gasteiger charge is 2.13. The van der Waals surface area contributed by atoms with Crippen molar-refractivity contribution in [3.8, 4) is 23.0 Å². The van der Waals surface area contributed by atoms with Crippen molar-refractivity contribution < 1.29 is 28.5 Å². The van der Waals surface area contributed by atoms with Gasteiger partial charge in [-0.25, -0.2) is 10.2 Å². The molecule has 1 N–H and O–H groups in total. The van der Waals surface area contributed by atoms with E-state index in [4.69, 9.17) is 18.9 Å². The summed E-state index contributed by atoms with van der Waals surface area (Å²) in [6, 6.07) is 18.2. The Balaban J connectivity index is 1.66. The van der Waals surface area contributed by atoms with Crippen LogP contribution in [0.4, 0.5) is 0 Å². The number of ether oxygens (including phenoxy) is 4. The van der Waals surface area contributed by atoms with Crippen LogP contribution in [0, 0.1) is 0 Å². The van der Waals surface area contributed by atoms with Gasteiger partial charge in [-0.15, -0.1) is 0 Å². The molecule has 8 heteroatoms. The first kappa shape index (κ1) is 22.4. The van der Waals surface area contributed by atoms with Gasteiger partial charge in [-0.3, -0.25) is 4.79 Å². The highest BCUT2D eigenvalue weighted by molar-refractivity contribution is 5.95. The van der Waals surface area contributed by atoms with Gasteiger partial charge < -0.3 is 18.9 Å². The lowest BCUT2D eigenvalue weighted by Crippen LogP contribution is -2.17. The molecule has 0 fully saturated rings. The molecule has 164 valence electrons. The Morgan fingerprint density at radius 1 is 0.781 bits per heavy atom. The van der Waals surface area contributed by atoms with Crippen molar-refractivity contribution in [3.05, 3.63) is 83.4 Å². The van der Waals surface area contributed by atoms with E-state index in [0.29, 0.717) is 33.9 Å². The zero-order valence-electron chi connectivity index (χ0n) is 17.8. The number of nitrogens with zero attached hydrogens (tertiary/aromatic N) is 1. The van der Waals surface area contributed by atoms with Crippen molar-refractivity contribution >= 4 is 18.1 Å². The quantitative estimate of drug-likeness (QED) is 0.251. The summed E-state index contributed by atoms with van der Waals surface area (Å²) in [6.07, 6.45) is 1.45. The van der Waals surface area contributed by atoms with Gasteiger partial charge in [0.2, 0.25) is 0 Å². The highest BCUT2D eigenvalue weighted by Crippen LogP contribution is 2.28. The third-order valence-electron chi connectivity index (χ3n) is 4.43. The Morgan fingerprint density at radius 2 is 1.53 bits per heavy atom. The lowest BCUT2D eigenvalue weighted by atomic mass is 10.2. The summed E-state index contributed by atoms with van der Waals surface area (Å²) >= 11 is 0. The summed E-state index contributed by atoms with van der Waals surface area (Å²) < 4.78 is 21.0. The van der Waals surface area contributed by atoms with Gasteiger partial charge in [-0.1, -0.05) is 6.07 Å². The van der Waals surface area contributed by atoms with Gasteiger partial charge in [0.1, 0.15) is 11.5 Å². The van der Waals surface area contributed by atoms with Crippen LogP contribution in [0.1, 0.15) is 26.3 Å². The number of hydrogen-bond acceptors (Lipinski definition) is 7. The van der Waals surface area contributed by atoms with E-state index in [0.717, 1.165) is 0 Å². The molecule has 0 atom stereocenters. The van der Waals surface area contributed by atoms with Gasteiger partial charge in [-0.2, -0.15) is 5.10 Å². The SMILES string of the molecule is COc1ccc(C(=O)Oc2ccc(C=NNC(=O)c3cccc(OC)c3)cc2OC)cc1. The first-order chi connectivity index (χ1) is 15.5. The second-order valence-corrected chi connectivity index (χ2v) is 6.46. The molecule has 0 saturated heterocycles. The molecule has 32 heavy (non-hydrogen) atoms. The Bertz CT molecular complexity index is 1130. The fraction of sp³-hybridized carbons (Fsp3) is 0.125. The number of nitrogens with one attached hydrogen (secondary N) is 1. The predicted octanol–water partition coefficient (Wildman–Crippen LogP) is 3.70. The average molecular weight is 434 g/mol. The molecule has 3 rings (SSSR count). The minimum Gasteiger partial charge on any atom is -0.497 e. The number of methoxy groups -OCH3 is 3. The van der Waals surface area contributed by atoms with Crippen LogP contribution in [0.15, 0.2) is 71.8 Å². The summed E-state index contributed by atoms with van der Waals surface area (Å²) in [5.74, 6) is 0.906. The van der Waals surface area contributed by atoms with Crippen molar-refractivity contribution in [1.29, 1.82) is 0 Å². The minimum atomic E-state index is -0.530. The van der Waals surface area contributed by atoms with E-state index in [1.807, 2.05) is 0 Å². The molecule has 0 unspecified atom stereocenters. The Hall–Kier alpha value is -4.33. The first-order valence-corrected chi connectivity index (χ1v) is 9.55. The minimum absolute atomic E-state index is 0.255. The predicted molar refractivity (Wildman–Crippen MR) is 119 cm³/mol. The largest absolute Gasteiger partial charge is 0.497 e. The van der Waals surface area contributed by atoms with Crippen LogP contribution in [-0.2, 0) is 0 Å². The van der Waals surface area contributed by atoms with Crippen LogP contribution >= 0.6 is 0 Å². The fourth-order valence-electron chi connectivity index (χ4n) is 2.73. The Morgan fingerprint density at radius 3 is 2.22 bits per heavy atom. The Kier molecular flexibility index (Phi) is 7.42. The molecule has 0 aliphatic heterocycles. The van der Waals surface area contributed by atoms with E-state index in [1.165, 1.54) is 20.4 Å². The molecule has 0 bridgehead atoms. The molecular weight excluding hydrogens is 412 g/mol. The number of hydrazone groups is 1. The number of hydrogen-bond donors (Lipinski definition) is 1. The van der Waals surface area contributed by atoms with E-state index in [1.54, 1.807) is 73.8 Å². The van der Waals surface area contributed by atoms with Crippen LogP contribution < -0.4 is 24.4 Å². The average Bonchev–Trinajstić information content (AvgIpc) is 2.84. The first-order valence-electron chi connectivity index (χ1n) is 9.55. The number of rotatable bonds is 8. The summed E-state index contributed by atoms with van der Waals surface area (Å²) in [6.45, 7) is 0. The summed E-state index contributed by atoms with van der Waals surface area (Å²) in [5, 5.41) is 3.96. The van der Waals surface area contributed by atoms with Gasteiger partial charge in [-0.05, 0) is 66.2 Å². The van der Waals surface area contributed by atoms with Crippen LogP contribution in [0.25, 0.3) is 0 Å². The van der Waals surface area contributed by atoms with Crippen LogP contribution in [-0.4, -0.2) is 39.4 Å². The lowest BCUT2D eigenvalue weighted by Gasteiger charge is -2.10. The molecule has 3 aromatic carbocycles. The van der Waals surface area contributed by atoms with Gasteiger partial charge in [0, 0.05) is 5.56 Å². The van der Waals surface area contributed by atoms with Crippen molar-refractivity contribution in [2.75, 3.05) is 21.3 Å². The van der Waals surface area contributed by atoms with Crippen molar-refractivity contribution in [3.63, 3.8) is 0 Å². The maximum absolute atomic E-state index is 12.4. The van der Waals surface area contributed by atoms with E-state index in [2.05, 4.69) is 10.5 Å². The van der Waals surface area contributed by atoms with E-state index in [-0.39, 0.29) is 11.7 Å². The maximum atomic E-state index is 12.4. The normalized spacial score (nSPS) is 10.5. The van der Waals surface area contributed by atoms with Crippen LogP contribution in [0.3, 0.4) is 0 Å². The van der Waals surface area contributed by atoms with Gasteiger partial charge in [0.05, 0.1) is 33.1 Å². The highest BCUT2D eigenvalue weighted by atomic mass is 16.6. The molecule has 0 spiro atoms. The lowest BCUT2D eigenvalue weighted by molar-refractivity contribution is 0.0729. The molecule has 1 amide bonds. The maximum Gasteiger partial charge on any atom is 0.343 e. The third-order valence-corrected chi connectivity index (χ3v) is 4.43. The van der Waals surface area contributed by atoms with Gasteiger partial charge >= 0.3 is 5.97 Å². The standard InChI is InChI=1S/C24H22N2O6/c1-29-19-10-8-17(9-11-19)24(28)32-21-12-7-16(13-22(21)31-3)15-25-26-23(27)18-5-4-6-20(14-18)30-2/h4-15H,1-3H3,(H,26,27). The van der Waals surface area contributed by atoms with Crippen molar-refractivity contribution in [1.82, 2.24) is 5.43 Å². The summed E-state index contributed by atoms with van der Waals surface area (Å²) in [4.78, 5) is 24.6.